The second-order valence-electron chi connectivity index (χ2n) is 6.32. The molecule has 2 rings (SSSR count). The van der Waals surface area contributed by atoms with E-state index < -0.39 is 22.9 Å². The first kappa shape index (κ1) is 18.7. The molecule has 0 aromatic heterocycles. The summed E-state index contributed by atoms with van der Waals surface area (Å²) >= 11 is 0. The fourth-order valence-corrected chi connectivity index (χ4v) is 2.45. The van der Waals surface area contributed by atoms with Gasteiger partial charge in [-0.25, -0.2) is 0 Å². The molecule has 2 unspecified atom stereocenters. The summed E-state index contributed by atoms with van der Waals surface area (Å²) in [5.41, 5.74) is 0.0237. The minimum atomic E-state index is -0.759. The first-order valence-corrected chi connectivity index (χ1v) is 8.20. The Labute approximate surface area is 145 Å². The number of amides is 1. The van der Waals surface area contributed by atoms with Crippen LogP contribution in [0.3, 0.4) is 0 Å². The van der Waals surface area contributed by atoms with E-state index in [1.165, 1.54) is 23.1 Å². The molecule has 0 aliphatic carbocycles. The average molecular weight is 350 g/mol. The number of non-ortho nitro benzene ring substituents is 1. The van der Waals surface area contributed by atoms with Gasteiger partial charge in [0.2, 0.25) is 0 Å². The van der Waals surface area contributed by atoms with Crippen LogP contribution < -0.4 is 9.64 Å². The Hall–Kier alpha value is -2.64. The van der Waals surface area contributed by atoms with Crippen LogP contribution >= 0.6 is 0 Å². The number of esters is 1. The van der Waals surface area contributed by atoms with Gasteiger partial charge in [-0.15, -0.1) is 0 Å². The highest BCUT2D eigenvalue weighted by atomic mass is 16.6. The van der Waals surface area contributed by atoms with Crippen LogP contribution in [0.5, 0.6) is 5.75 Å². The van der Waals surface area contributed by atoms with Gasteiger partial charge in [0, 0.05) is 12.1 Å². The van der Waals surface area contributed by atoms with E-state index in [9.17, 15) is 19.7 Å². The summed E-state index contributed by atoms with van der Waals surface area (Å²) in [6.07, 6.45) is -0.376. The number of hydrogen-bond acceptors (Lipinski definition) is 6. The Morgan fingerprint density at radius 1 is 1.40 bits per heavy atom. The molecule has 8 nitrogen and oxygen atoms in total. The van der Waals surface area contributed by atoms with Crippen molar-refractivity contribution in [2.45, 2.75) is 46.3 Å². The normalized spacial score (nSPS) is 17.7. The second kappa shape index (κ2) is 7.50. The number of nitro benzene ring substituents is 1. The molecule has 0 fully saturated rings. The van der Waals surface area contributed by atoms with Crippen LogP contribution in [0, 0.1) is 16.0 Å². The van der Waals surface area contributed by atoms with Crippen molar-refractivity contribution in [2.75, 3.05) is 11.4 Å². The monoisotopic (exact) mass is 350 g/mol. The van der Waals surface area contributed by atoms with E-state index in [0.29, 0.717) is 12.2 Å². The van der Waals surface area contributed by atoms with E-state index in [1.807, 2.05) is 20.8 Å². The number of nitro groups is 1. The lowest BCUT2D eigenvalue weighted by Gasteiger charge is -2.35. The standard InChI is InChI=1S/C17H22N2O6/c1-5-11(4)24-15(20)9-18-13-8-12(19(22)23)6-7-14(13)25-16(10(2)3)17(18)21/h6-8,10-11,16H,5,9H2,1-4H3. The molecule has 1 aromatic rings. The topological polar surface area (TPSA) is 99.0 Å². The van der Waals surface area contributed by atoms with E-state index >= 15 is 0 Å². The molecule has 1 amide bonds. The van der Waals surface area contributed by atoms with Crippen molar-refractivity contribution in [3.63, 3.8) is 0 Å². The molecule has 0 bridgehead atoms. The third-order valence-electron chi connectivity index (χ3n) is 4.01. The maximum absolute atomic E-state index is 12.7. The molecule has 1 aliphatic rings. The summed E-state index contributed by atoms with van der Waals surface area (Å²) in [6, 6.07) is 3.99. The molecule has 2 atom stereocenters. The minimum absolute atomic E-state index is 0.121. The Balaban J connectivity index is 2.37. The predicted octanol–water partition coefficient (Wildman–Crippen LogP) is 2.69. The zero-order valence-electron chi connectivity index (χ0n) is 14.7. The smallest absolute Gasteiger partial charge is 0.326 e. The van der Waals surface area contributed by atoms with Crippen LogP contribution in [-0.2, 0) is 14.3 Å². The fourth-order valence-electron chi connectivity index (χ4n) is 2.45. The van der Waals surface area contributed by atoms with Gasteiger partial charge in [-0.3, -0.25) is 24.6 Å². The number of carbonyl (C=O) groups excluding carboxylic acids is 2. The molecule has 1 aromatic carbocycles. The SMILES string of the molecule is CCC(C)OC(=O)CN1C(=O)C(C(C)C)Oc2ccc([N+](=O)[O-])cc21. The van der Waals surface area contributed by atoms with Gasteiger partial charge >= 0.3 is 5.97 Å². The van der Waals surface area contributed by atoms with Gasteiger partial charge in [-0.05, 0) is 25.3 Å². The number of carbonyl (C=O) groups is 2. The Kier molecular flexibility index (Phi) is 5.61. The van der Waals surface area contributed by atoms with E-state index in [4.69, 9.17) is 9.47 Å². The van der Waals surface area contributed by atoms with Crippen molar-refractivity contribution >= 4 is 23.3 Å². The first-order chi connectivity index (χ1) is 11.7. The third kappa shape index (κ3) is 4.07. The lowest BCUT2D eigenvalue weighted by Crippen LogP contribution is -2.50. The highest BCUT2D eigenvalue weighted by molar-refractivity contribution is 6.03. The van der Waals surface area contributed by atoms with E-state index in [-0.39, 0.29) is 29.9 Å². The maximum atomic E-state index is 12.7. The van der Waals surface area contributed by atoms with E-state index in [0.717, 1.165) is 0 Å². The van der Waals surface area contributed by atoms with Crippen molar-refractivity contribution in [2.24, 2.45) is 5.92 Å². The van der Waals surface area contributed by atoms with Gasteiger partial charge in [-0.2, -0.15) is 0 Å². The molecule has 1 heterocycles. The summed E-state index contributed by atoms with van der Waals surface area (Å²) < 4.78 is 10.9. The van der Waals surface area contributed by atoms with Crippen molar-refractivity contribution in [3.05, 3.63) is 28.3 Å². The van der Waals surface area contributed by atoms with Crippen LogP contribution in [0.4, 0.5) is 11.4 Å². The minimum Gasteiger partial charge on any atom is -0.478 e. The Bertz CT molecular complexity index is 688. The van der Waals surface area contributed by atoms with Gasteiger partial charge in [-0.1, -0.05) is 20.8 Å². The van der Waals surface area contributed by atoms with Gasteiger partial charge in [0.1, 0.15) is 12.3 Å². The van der Waals surface area contributed by atoms with Crippen molar-refractivity contribution in [3.8, 4) is 5.75 Å². The Morgan fingerprint density at radius 3 is 2.64 bits per heavy atom. The van der Waals surface area contributed by atoms with Gasteiger partial charge in [0.25, 0.3) is 11.6 Å². The zero-order valence-corrected chi connectivity index (χ0v) is 14.7. The van der Waals surface area contributed by atoms with Crippen molar-refractivity contribution in [1.82, 2.24) is 0 Å². The van der Waals surface area contributed by atoms with Crippen LogP contribution in [-0.4, -0.2) is 35.6 Å². The van der Waals surface area contributed by atoms with Gasteiger partial charge in [0.05, 0.1) is 16.7 Å². The summed E-state index contributed by atoms with van der Waals surface area (Å²) in [5.74, 6) is -0.766. The molecular formula is C17H22N2O6. The van der Waals surface area contributed by atoms with Crippen LogP contribution in [0.25, 0.3) is 0 Å². The molecule has 0 N–H and O–H groups in total. The number of anilines is 1. The molecule has 0 saturated heterocycles. The summed E-state index contributed by atoms with van der Waals surface area (Å²) in [7, 11) is 0. The first-order valence-electron chi connectivity index (χ1n) is 8.20. The van der Waals surface area contributed by atoms with E-state index in [2.05, 4.69) is 0 Å². The zero-order chi connectivity index (χ0) is 18.7. The molecule has 0 radical (unpaired) electrons. The molecule has 136 valence electrons. The number of fused-ring (bicyclic) bond motifs is 1. The lowest BCUT2D eigenvalue weighted by molar-refractivity contribution is -0.384. The second-order valence-corrected chi connectivity index (χ2v) is 6.32. The van der Waals surface area contributed by atoms with Gasteiger partial charge in [0.15, 0.2) is 6.10 Å². The van der Waals surface area contributed by atoms with E-state index in [1.54, 1.807) is 6.92 Å². The highest BCUT2D eigenvalue weighted by Crippen LogP contribution is 2.38. The molecule has 8 heteroatoms. The summed E-state index contributed by atoms with van der Waals surface area (Å²) in [4.78, 5) is 36.5. The van der Waals surface area contributed by atoms with Crippen molar-refractivity contribution < 1.29 is 24.0 Å². The largest absolute Gasteiger partial charge is 0.478 e. The maximum Gasteiger partial charge on any atom is 0.326 e. The molecule has 25 heavy (non-hydrogen) atoms. The predicted molar refractivity (Wildman–Crippen MR) is 90.5 cm³/mol. The summed E-state index contributed by atoms with van der Waals surface area (Å²) in [5, 5.41) is 11.0. The number of rotatable bonds is 6. The van der Waals surface area contributed by atoms with Crippen LogP contribution in [0.1, 0.15) is 34.1 Å². The average Bonchev–Trinajstić information content (AvgIpc) is 2.56. The fraction of sp³-hybridized carbons (Fsp3) is 0.529. The highest BCUT2D eigenvalue weighted by Gasteiger charge is 2.38. The molecule has 0 saturated carbocycles. The molecule has 1 aliphatic heterocycles. The lowest BCUT2D eigenvalue weighted by atomic mass is 10.0. The van der Waals surface area contributed by atoms with Crippen LogP contribution in [0.2, 0.25) is 0 Å². The molecular weight excluding hydrogens is 328 g/mol. The number of hydrogen-bond donors (Lipinski definition) is 0. The Morgan fingerprint density at radius 2 is 2.08 bits per heavy atom. The number of benzene rings is 1. The quantitative estimate of drug-likeness (QED) is 0.444. The summed E-state index contributed by atoms with van der Waals surface area (Å²) in [6.45, 7) is 6.98. The third-order valence-corrected chi connectivity index (χ3v) is 4.01. The van der Waals surface area contributed by atoms with Crippen molar-refractivity contribution in [1.29, 1.82) is 0 Å². The molecule has 0 spiro atoms. The number of nitrogens with zero attached hydrogens (tertiary/aromatic N) is 2. The number of ether oxygens (including phenoxy) is 2. The van der Waals surface area contributed by atoms with Gasteiger partial charge < -0.3 is 9.47 Å². The van der Waals surface area contributed by atoms with Crippen LogP contribution in [0.15, 0.2) is 18.2 Å².